The van der Waals surface area contributed by atoms with Gasteiger partial charge in [-0.05, 0) is 80.6 Å². The Balaban J connectivity index is 1.19. The molecule has 0 bridgehead atoms. The van der Waals surface area contributed by atoms with Gasteiger partial charge in [0.05, 0.1) is 11.0 Å². The number of rotatable bonds is 4. The Morgan fingerprint density at radius 1 is 0.472 bits per heavy atom. The third-order valence-electron chi connectivity index (χ3n) is 11.7. The van der Waals surface area contributed by atoms with Crippen molar-refractivity contribution in [3.8, 4) is 39.9 Å². The second kappa shape index (κ2) is 11.7. The van der Waals surface area contributed by atoms with E-state index in [4.69, 9.17) is 15.0 Å². The number of hydrogen-bond acceptors (Lipinski definition) is 3. The van der Waals surface area contributed by atoms with Gasteiger partial charge in [-0.25, -0.2) is 15.0 Å². The SMILES string of the molecule is CC1(C)CCC(C)(C)c2c1ccc1c3ccccc3n(-c3ccc4ccc(-c5nc(-c6ccccc6)nc(-c6cccc7ccccc67)n5)cc4c3)c21. The topological polar surface area (TPSA) is 43.6 Å². The summed E-state index contributed by atoms with van der Waals surface area (Å²) in [6, 6.07) is 52.0. The molecule has 0 fully saturated rings. The molecule has 0 atom stereocenters. The summed E-state index contributed by atoms with van der Waals surface area (Å²) in [4.78, 5) is 15.3. The van der Waals surface area contributed by atoms with Crippen LogP contribution in [0.3, 0.4) is 0 Å². The predicted molar refractivity (Wildman–Crippen MR) is 221 cm³/mol. The molecule has 0 saturated carbocycles. The molecule has 0 saturated heterocycles. The molecule has 4 heteroatoms. The first-order valence-corrected chi connectivity index (χ1v) is 18.7. The van der Waals surface area contributed by atoms with Crippen LogP contribution < -0.4 is 0 Å². The fourth-order valence-corrected chi connectivity index (χ4v) is 8.73. The highest BCUT2D eigenvalue weighted by molar-refractivity contribution is 6.11. The highest BCUT2D eigenvalue weighted by atomic mass is 15.0. The lowest BCUT2D eigenvalue weighted by molar-refractivity contribution is 0.334. The van der Waals surface area contributed by atoms with Crippen molar-refractivity contribution >= 4 is 43.4 Å². The molecule has 0 spiro atoms. The van der Waals surface area contributed by atoms with Gasteiger partial charge in [-0.2, -0.15) is 0 Å². The van der Waals surface area contributed by atoms with Crippen LogP contribution in [0.15, 0.2) is 146 Å². The minimum Gasteiger partial charge on any atom is -0.309 e. The Bertz CT molecular complexity index is 2890. The number of benzene rings is 7. The Morgan fingerprint density at radius 2 is 1.15 bits per heavy atom. The van der Waals surface area contributed by atoms with E-state index in [-0.39, 0.29) is 10.8 Å². The third-order valence-corrected chi connectivity index (χ3v) is 11.7. The standard InChI is InChI=1S/C49H40N4/c1-48(2)27-28-49(3,4)43-41(48)26-25-39-38-18-10-11-20-42(38)53(44(39)43)36-24-23-31-21-22-34(29-35(31)30-36)46-50-45(33-14-6-5-7-15-33)51-47(52-46)40-19-12-16-32-13-8-9-17-37(32)40/h5-26,29-30H,27-28H2,1-4H3. The van der Waals surface area contributed by atoms with Crippen molar-refractivity contribution in [3.63, 3.8) is 0 Å². The van der Waals surface area contributed by atoms with Crippen LogP contribution in [0.4, 0.5) is 0 Å². The largest absolute Gasteiger partial charge is 0.309 e. The van der Waals surface area contributed by atoms with Gasteiger partial charge in [-0.15, -0.1) is 0 Å². The Labute approximate surface area is 309 Å². The van der Waals surface area contributed by atoms with E-state index in [1.807, 2.05) is 18.2 Å². The second-order valence-electron chi connectivity index (χ2n) is 15.9. The first-order chi connectivity index (χ1) is 25.7. The molecule has 4 nitrogen and oxygen atoms in total. The lowest BCUT2D eigenvalue weighted by Crippen LogP contribution is -2.34. The van der Waals surface area contributed by atoms with Gasteiger partial charge in [-0.3, -0.25) is 0 Å². The first-order valence-electron chi connectivity index (χ1n) is 18.7. The average Bonchev–Trinajstić information content (AvgIpc) is 3.53. The van der Waals surface area contributed by atoms with Gasteiger partial charge in [0.25, 0.3) is 0 Å². The maximum Gasteiger partial charge on any atom is 0.164 e. The summed E-state index contributed by atoms with van der Waals surface area (Å²) >= 11 is 0. The summed E-state index contributed by atoms with van der Waals surface area (Å²) in [5, 5.41) is 7.20. The Hall–Kier alpha value is -6.13. The van der Waals surface area contributed by atoms with E-state index >= 15 is 0 Å². The normalized spacial score (nSPS) is 14.9. The van der Waals surface area contributed by atoms with Gasteiger partial charge in [0, 0.05) is 33.2 Å². The highest BCUT2D eigenvalue weighted by Crippen LogP contribution is 2.50. The zero-order chi connectivity index (χ0) is 35.9. The van der Waals surface area contributed by atoms with E-state index in [9.17, 15) is 0 Å². The van der Waals surface area contributed by atoms with Crippen molar-refractivity contribution in [3.05, 3.63) is 157 Å². The molecule has 53 heavy (non-hydrogen) atoms. The quantitative estimate of drug-likeness (QED) is 0.185. The zero-order valence-electron chi connectivity index (χ0n) is 30.6. The van der Waals surface area contributed by atoms with E-state index in [0.29, 0.717) is 17.5 Å². The van der Waals surface area contributed by atoms with E-state index in [0.717, 1.165) is 45.0 Å². The van der Waals surface area contributed by atoms with E-state index in [2.05, 4.69) is 160 Å². The highest BCUT2D eigenvalue weighted by Gasteiger charge is 2.39. The summed E-state index contributed by atoms with van der Waals surface area (Å²) in [6.07, 6.45) is 2.34. The van der Waals surface area contributed by atoms with E-state index < -0.39 is 0 Å². The maximum atomic E-state index is 5.16. The van der Waals surface area contributed by atoms with Crippen LogP contribution in [0.25, 0.3) is 83.2 Å². The van der Waals surface area contributed by atoms with Gasteiger partial charge in [0.1, 0.15) is 0 Å². The molecule has 1 aliphatic rings. The molecule has 0 amide bonds. The summed E-state index contributed by atoms with van der Waals surface area (Å²) in [7, 11) is 0. The minimum absolute atomic E-state index is 0.0530. The molecule has 256 valence electrons. The molecule has 0 N–H and O–H groups in total. The molecule has 0 unspecified atom stereocenters. The second-order valence-corrected chi connectivity index (χ2v) is 15.9. The van der Waals surface area contributed by atoms with Crippen molar-refractivity contribution in [2.24, 2.45) is 0 Å². The molecular weight excluding hydrogens is 645 g/mol. The van der Waals surface area contributed by atoms with Crippen LogP contribution in [0.2, 0.25) is 0 Å². The summed E-state index contributed by atoms with van der Waals surface area (Å²) in [5.74, 6) is 1.98. The van der Waals surface area contributed by atoms with Crippen LogP contribution in [-0.4, -0.2) is 19.5 Å². The van der Waals surface area contributed by atoms with E-state index in [1.165, 1.54) is 44.7 Å². The lowest BCUT2D eigenvalue weighted by Gasteiger charge is -2.42. The maximum absolute atomic E-state index is 5.16. The fraction of sp³-hybridized carbons (Fsp3) is 0.163. The Kier molecular flexibility index (Phi) is 6.97. The van der Waals surface area contributed by atoms with Crippen molar-refractivity contribution < 1.29 is 0 Å². The van der Waals surface area contributed by atoms with E-state index in [1.54, 1.807) is 0 Å². The average molecular weight is 685 g/mol. The number of para-hydroxylation sites is 1. The van der Waals surface area contributed by atoms with Gasteiger partial charge < -0.3 is 4.57 Å². The number of nitrogens with zero attached hydrogens (tertiary/aromatic N) is 4. The van der Waals surface area contributed by atoms with Gasteiger partial charge in [0.15, 0.2) is 17.5 Å². The smallest absolute Gasteiger partial charge is 0.164 e. The van der Waals surface area contributed by atoms with Crippen LogP contribution in [0, 0.1) is 0 Å². The summed E-state index contributed by atoms with van der Waals surface area (Å²) in [5.41, 5.74) is 9.76. The van der Waals surface area contributed by atoms with Gasteiger partial charge in [0.2, 0.25) is 0 Å². The molecule has 0 radical (unpaired) electrons. The number of aromatic nitrogens is 4. The zero-order valence-corrected chi connectivity index (χ0v) is 30.6. The molecule has 2 heterocycles. The number of fused-ring (bicyclic) bond motifs is 7. The van der Waals surface area contributed by atoms with Crippen LogP contribution in [-0.2, 0) is 10.8 Å². The summed E-state index contributed by atoms with van der Waals surface area (Å²) < 4.78 is 2.52. The van der Waals surface area contributed by atoms with Gasteiger partial charge >= 0.3 is 0 Å². The number of hydrogen-bond donors (Lipinski definition) is 0. The van der Waals surface area contributed by atoms with Crippen LogP contribution in [0.5, 0.6) is 0 Å². The minimum atomic E-state index is 0.0530. The molecular formula is C49H40N4. The van der Waals surface area contributed by atoms with Crippen LogP contribution in [0.1, 0.15) is 51.7 Å². The monoisotopic (exact) mass is 684 g/mol. The van der Waals surface area contributed by atoms with Crippen molar-refractivity contribution in [1.29, 1.82) is 0 Å². The molecule has 9 aromatic rings. The van der Waals surface area contributed by atoms with Gasteiger partial charge in [-0.1, -0.05) is 149 Å². The first kappa shape index (κ1) is 31.6. The van der Waals surface area contributed by atoms with Crippen molar-refractivity contribution in [2.45, 2.75) is 51.4 Å². The fourth-order valence-electron chi connectivity index (χ4n) is 8.73. The summed E-state index contributed by atoms with van der Waals surface area (Å²) in [6.45, 7) is 9.68. The van der Waals surface area contributed by atoms with Crippen molar-refractivity contribution in [2.75, 3.05) is 0 Å². The lowest BCUT2D eigenvalue weighted by atomic mass is 9.62. The molecule has 7 aromatic carbocycles. The Morgan fingerprint density at radius 3 is 2.00 bits per heavy atom. The molecule has 2 aromatic heterocycles. The predicted octanol–water partition coefficient (Wildman–Crippen LogP) is 12.6. The molecule has 0 aliphatic heterocycles. The van der Waals surface area contributed by atoms with Crippen molar-refractivity contribution in [1.82, 2.24) is 19.5 Å². The molecule has 1 aliphatic carbocycles. The third kappa shape index (κ3) is 5.08. The molecule has 10 rings (SSSR count). The van der Waals surface area contributed by atoms with Crippen LogP contribution >= 0.6 is 0 Å².